The molecule has 2 atom stereocenters. The summed E-state index contributed by atoms with van der Waals surface area (Å²) in [6.45, 7) is 0.384. The first-order chi connectivity index (χ1) is 18.1. The van der Waals surface area contributed by atoms with Crippen molar-refractivity contribution in [2.45, 2.75) is 36.9 Å². The van der Waals surface area contributed by atoms with Crippen LogP contribution >= 0.6 is 0 Å². The highest BCUT2D eigenvalue weighted by Gasteiger charge is 2.42. The van der Waals surface area contributed by atoms with Crippen molar-refractivity contribution in [3.8, 4) is 11.3 Å². The fourth-order valence-electron chi connectivity index (χ4n) is 5.18. The third kappa shape index (κ3) is 4.33. The Balaban J connectivity index is 1.40. The number of ether oxygens (including phenoxy) is 1. The van der Waals surface area contributed by atoms with E-state index in [1.165, 1.54) is 4.90 Å². The fraction of sp³-hybridized carbons (Fsp3) is 0.440. The van der Waals surface area contributed by atoms with Crippen LogP contribution in [0.2, 0.25) is 0 Å². The number of likely N-dealkylation sites (tertiary alicyclic amines) is 1. The molecule has 0 bridgehead atoms. The number of rotatable bonds is 6. The highest BCUT2D eigenvalue weighted by atomic mass is 19.4. The number of pyridine rings is 1. The molecule has 1 N–H and O–H groups in total. The second-order valence-corrected chi connectivity index (χ2v) is 10.1. The van der Waals surface area contributed by atoms with Crippen molar-refractivity contribution in [1.82, 2.24) is 34.8 Å². The summed E-state index contributed by atoms with van der Waals surface area (Å²) in [4.78, 5) is 5.23. The molecule has 0 amide bonds. The Hall–Kier alpha value is -3.45. The van der Waals surface area contributed by atoms with Crippen LogP contribution < -0.4 is 0 Å². The molecule has 2 aliphatic heterocycles. The number of hydrogen-bond acceptors (Lipinski definition) is 6. The van der Waals surface area contributed by atoms with Gasteiger partial charge >= 0.3 is 6.18 Å². The molecule has 3 aromatic heterocycles. The van der Waals surface area contributed by atoms with Gasteiger partial charge in [0.05, 0.1) is 24.4 Å². The highest BCUT2D eigenvalue weighted by Crippen LogP contribution is 2.39. The van der Waals surface area contributed by atoms with Gasteiger partial charge in [0.15, 0.2) is 0 Å². The van der Waals surface area contributed by atoms with E-state index in [-0.39, 0.29) is 36.1 Å². The van der Waals surface area contributed by atoms with Gasteiger partial charge in [-0.15, -0.1) is 10.2 Å². The van der Waals surface area contributed by atoms with E-state index in [1.54, 1.807) is 12.4 Å². The van der Waals surface area contributed by atoms with E-state index in [0.29, 0.717) is 36.4 Å². The van der Waals surface area contributed by atoms with Crippen LogP contribution in [-0.2, 0) is 36.3 Å². The highest BCUT2D eigenvalue weighted by molar-refractivity contribution is 5.94. The van der Waals surface area contributed by atoms with Crippen LogP contribution in [-0.4, -0.2) is 73.5 Å². The summed E-state index contributed by atoms with van der Waals surface area (Å²) < 4.78 is 76.3. The molecule has 200 valence electrons. The fourth-order valence-corrected chi connectivity index (χ4v) is 5.18. The van der Waals surface area contributed by atoms with E-state index < -0.39 is 24.2 Å². The zero-order valence-corrected chi connectivity index (χ0v) is 20.3. The third-order valence-electron chi connectivity index (χ3n) is 7.36. The number of hydrogen-bond donors (Lipinski definition) is 1. The summed E-state index contributed by atoms with van der Waals surface area (Å²) in [6.07, 6.45) is -5.86. The minimum Gasteiger partial charge on any atom is -0.379 e. The molecule has 2 aliphatic rings. The normalized spacial score (nSPS) is 21.7. The lowest BCUT2D eigenvalue weighted by atomic mass is 9.75. The lowest BCUT2D eigenvalue weighted by Crippen LogP contribution is -2.49. The quantitative estimate of drug-likeness (QED) is 0.380. The smallest absolute Gasteiger partial charge is 0.379 e. The van der Waals surface area contributed by atoms with E-state index in [1.807, 2.05) is 29.8 Å². The Kier molecular flexibility index (Phi) is 5.94. The van der Waals surface area contributed by atoms with E-state index in [9.17, 15) is 22.0 Å². The molecule has 5 heterocycles. The van der Waals surface area contributed by atoms with E-state index in [2.05, 4.69) is 25.4 Å². The Labute approximate surface area is 213 Å². The first kappa shape index (κ1) is 24.9. The predicted molar refractivity (Wildman–Crippen MR) is 127 cm³/mol. The monoisotopic (exact) mass is 533 g/mol. The summed E-state index contributed by atoms with van der Waals surface area (Å²) in [5, 5.41) is 15.5. The van der Waals surface area contributed by atoms with Gasteiger partial charge in [-0.05, 0) is 17.7 Å². The molecule has 8 nitrogen and oxygen atoms in total. The number of nitrogens with one attached hydrogen (secondary N) is 1. The number of nitrogens with zero attached hydrogens (tertiary/aromatic N) is 6. The maximum Gasteiger partial charge on any atom is 0.433 e. The van der Waals surface area contributed by atoms with Gasteiger partial charge in [-0.25, -0.2) is 13.8 Å². The average Bonchev–Trinajstić information content (AvgIpc) is 3.54. The van der Waals surface area contributed by atoms with Gasteiger partial charge in [-0.1, -0.05) is 18.2 Å². The SMILES string of the molecule is Cn1cnnc1CC1(c2cccc(-c3n[nH]c4c(CN5C[C@@H](F)[C@@H](F)C5)nc(C(F)(F)F)cc34)c2)COC1. The number of alkyl halides is 5. The Bertz CT molecular complexity index is 1470. The number of halogens is 5. The van der Waals surface area contributed by atoms with Gasteiger partial charge in [-0.3, -0.25) is 10.00 Å². The van der Waals surface area contributed by atoms with Gasteiger partial charge in [-0.2, -0.15) is 18.3 Å². The van der Waals surface area contributed by atoms with Crippen LogP contribution in [0.25, 0.3) is 22.2 Å². The minimum absolute atomic E-state index is 0.0391. The van der Waals surface area contributed by atoms with Gasteiger partial charge in [0.25, 0.3) is 0 Å². The van der Waals surface area contributed by atoms with Crippen molar-refractivity contribution in [2.75, 3.05) is 26.3 Å². The van der Waals surface area contributed by atoms with Crippen molar-refractivity contribution in [3.05, 3.63) is 59.4 Å². The van der Waals surface area contributed by atoms with Crippen molar-refractivity contribution in [2.24, 2.45) is 7.05 Å². The summed E-state index contributed by atoms with van der Waals surface area (Å²) in [7, 11) is 1.86. The Morgan fingerprint density at radius 3 is 2.53 bits per heavy atom. The summed E-state index contributed by atoms with van der Waals surface area (Å²) in [6, 6.07) is 8.45. The molecule has 2 fully saturated rings. The van der Waals surface area contributed by atoms with Crippen molar-refractivity contribution in [3.63, 3.8) is 0 Å². The molecule has 6 rings (SSSR count). The molecule has 4 aromatic rings. The molecule has 0 saturated carbocycles. The first-order valence-electron chi connectivity index (χ1n) is 12.1. The summed E-state index contributed by atoms with van der Waals surface area (Å²) in [5.74, 6) is 0.794. The topological polar surface area (TPSA) is 84.8 Å². The Morgan fingerprint density at radius 2 is 1.89 bits per heavy atom. The number of H-pyrrole nitrogens is 1. The Morgan fingerprint density at radius 1 is 1.13 bits per heavy atom. The van der Waals surface area contributed by atoms with E-state index in [4.69, 9.17) is 4.74 Å². The van der Waals surface area contributed by atoms with Crippen LogP contribution in [0, 0.1) is 0 Å². The van der Waals surface area contributed by atoms with Crippen LogP contribution in [0.4, 0.5) is 22.0 Å². The lowest BCUT2D eigenvalue weighted by molar-refractivity contribution is -0.141. The standard InChI is InChI=1S/C25H24F5N7O/c1-36-13-31-33-21(36)7-24(11-38-12-24)15-4-2-3-14(5-15)22-16-6-20(25(28,29)30)32-19(23(16)35-34-22)10-37-8-17(26)18(27)9-37/h2-6,13,17-18H,7-12H2,1H3,(H,34,35)/t17-,18+. The molecule has 0 unspecified atom stereocenters. The van der Waals surface area contributed by atoms with Crippen LogP contribution in [0.15, 0.2) is 36.7 Å². The molecule has 0 aliphatic carbocycles. The molecule has 1 aromatic carbocycles. The summed E-state index contributed by atoms with van der Waals surface area (Å²) in [5.41, 5.74) is 0.807. The zero-order valence-electron chi connectivity index (χ0n) is 20.3. The molecular formula is C25H24F5N7O. The van der Waals surface area contributed by atoms with Crippen molar-refractivity contribution < 1.29 is 26.7 Å². The van der Waals surface area contributed by atoms with Gasteiger partial charge in [0, 0.05) is 49.5 Å². The van der Waals surface area contributed by atoms with Crippen molar-refractivity contribution >= 4 is 10.9 Å². The predicted octanol–water partition coefficient (Wildman–Crippen LogP) is 3.77. The third-order valence-corrected chi connectivity index (χ3v) is 7.36. The second-order valence-electron chi connectivity index (χ2n) is 10.1. The second kappa shape index (κ2) is 9.09. The number of aryl methyl sites for hydroxylation is 1. The largest absolute Gasteiger partial charge is 0.433 e. The number of benzene rings is 1. The molecule has 13 heteroatoms. The maximum absolute atomic E-state index is 13.8. The molecule has 2 saturated heterocycles. The lowest BCUT2D eigenvalue weighted by Gasteiger charge is -2.41. The van der Waals surface area contributed by atoms with E-state index in [0.717, 1.165) is 17.5 Å². The van der Waals surface area contributed by atoms with Crippen molar-refractivity contribution in [1.29, 1.82) is 0 Å². The van der Waals surface area contributed by atoms with E-state index >= 15 is 0 Å². The molecule has 0 spiro atoms. The van der Waals surface area contributed by atoms with Crippen LogP contribution in [0.3, 0.4) is 0 Å². The number of aromatic nitrogens is 6. The average molecular weight is 534 g/mol. The molecule has 0 radical (unpaired) electrons. The van der Waals surface area contributed by atoms with Gasteiger partial charge < -0.3 is 9.30 Å². The van der Waals surface area contributed by atoms with Crippen LogP contribution in [0.1, 0.15) is 22.8 Å². The molecular weight excluding hydrogens is 509 g/mol. The summed E-state index contributed by atoms with van der Waals surface area (Å²) >= 11 is 0. The number of aromatic amines is 1. The number of fused-ring (bicyclic) bond motifs is 1. The van der Waals surface area contributed by atoms with Gasteiger partial charge in [0.2, 0.25) is 0 Å². The first-order valence-corrected chi connectivity index (χ1v) is 12.1. The molecule has 38 heavy (non-hydrogen) atoms. The minimum atomic E-state index is -4.71. The maximum atomic E-state index is 13.8. The van der Waals surface area contributed by atoms with Crippen LogP contribution in [0.5, 0.6) is 0 Å². The zero-order chi connectivity index (χ0) is 26.7. The van der Waals surface area contributed by atoms with Gasteiger partial charge in [0.1, 0.15) is 35.9 Å².